The fourth-order valence-electron chi connectivity index (χ4n) is 2.35. The normalized spacial score (nSPS) is 10.4. The van der Waals surface area contributed by atoms with Gasteiger partial charge < -0.3 is 0 Å². The molecule has 1 heteroatoms. The van der Waals surface area contributed by atoms with Crippen LogP contribution < -0.4 is 0 Å². The van der Waals surface area contributed by atoms with Crippen LogP contribution in [-0.4, -0.2) is 4.98 Å². The van der Waals surface area contributed by atoms with Gasteiger partial charge in [-0.15, -0.1) is 0 Å². The third-order valence-corrected chi connectivity index (χ3v) is 3.53. The molecule has 0 bridgehead atoms. The Morgan fingerprint density at radius 1 is 0.850 bits per heavy atom. The van der Waals surface area contributed by atoms with Gasteiger partial charge >= 0.3 is 0 Å². The molecule has 1 heterocycles. The highest BCUT2D eigenvalue weighted by molar-refractivity contribution is 5.60. The summed E-state index contributed by atoms with van der Waals surface area (Å²) < 4.78 is 0. The minimum absolute atomic E-state index is 0.939. The van der Waals surface area contributed by atoms with Crippen LogP contribution in [0.3, 0.4) is 0 Å². The van der Waals surface area contributed by atoms with Crippen LogP contribution in [0.15, 0.2) is 72.9 Å². The SMILES string of the molecule is Cc1cc(-c2ccccc2)ncc1Cc1ccccc1. The summed E-state index contributed by atoms with van der Waals surface area (Å²) in [5.74, 6) is 0. The van der Waals surface area contributed by atoms with Crippen molar-refractivity contribution in [1.29, 1.82) is 0 Å². The van der Waals surface area contributed by atoms with Gasteiger partial charge in [-0.3, -0.25) is 4.98 Å². The van der Waals surface area contributed by atoms with E-state index >= 15 is 0 Å². The average Bonchev–Trinajstić information content (AvgIpc) is 2.51. The molecule has 0 aliphatic rings. The number of hydrogen-bond donors (Lipinski definition) is 0. The number of benzene rings is 2. The molecule has 0 atom stereocenters. The zero-order chi connectivity index (χ0) is 13.8. The van der Waals surface area contributed by atoms with Crippen molar-refractivity contribution in [3.8, 4) is 11.3 Å². The van der Waals surface area contributed by atoms with Crippen molar-refractivity contribution in [2.75, 3.05) is 0 Å². The van der Waals surface area contributed by atoms with E-state index in [0.29, 0.717) is 0 Å². The van der Waals surface area contributed by atoms with E-state index in [1.807, 2.05) is 30.5 Å². The number of hydrogen-bond acceptors (Lipinski definition) is 1. The topological polar surface area (TPSA) is 12.9 Å². The number of pyridine rings is 1. The second-order valence-electron chi connectivity index (χ2n) is 5.02. The number of aromatic nitrogens is 1. The molecule has 0 saturated carbocycles. The number of rotatable bonds is 3. The Bertz CT molecular complexity index is 687. The summed E-state index contributed by atoms with van der Waals surface area (Å²) in [5.41, 5.74) is 6.12. The maximum atomic E-state index is 4.61. The fourth-order valence-corrected chi connectivity index (χ4v) is 2.35. The fraction of sp³-hybridized carbons (Fsp3) is 0.105. The first-order valence-corrected chi connectivity index (χ1v) is 6.88. The van der Waals surface area contributed by atoms with Crippen LogP contribution in [0.5, 0.6) is 0 Å². The summed E-state index contributed by atoms with van der Waals surface area (Å²) in [6.07, 6.45) is 2.94. The molecule has 98 valence electrons. The van der Waals surface area contributed by atoms with Gasteiger partial charge in [0.2, 0.25) is 0 Å². The molecule has 0 N–H and O–H groups in total. The lowest BCUT2D eigenvalue weighted by molar-refractivity contribution is 1.11. The maximum absolute atomic E-state index is 4.61. The molecule has 3 rings (SSSR count). The molecular weight excluding hydrogens is 242 g/mol. The van der Waals surface area contributed by atoms with Crippen molar-refractivity contribution < 1.29 is 0 Å². The molecule has 0 aliphatic carbocycles. The molecule has 0 radical (unpaired) electrons. The van der Waals surface area contributed by atoms with Crippen molar-refractivity contribution in [3.05, 3.63) is 89.6 Å². The van der Waals surface area contributed by atoms with E-state index in [1.165, 1.54) is 22.3 Å². The molecule has 0 unspecified atom stereocenters. The van der Waals surface area contributed by atoms with E-state index in [1.54, 1.807) is 0 Å². The number of nitrogens with zero attached hydrogens (tertiary/aromatic N) is 1. The Hall–Kier alpha value is -2.41. The summed E-state index contributed by atoms with van der Waals surface area (Å²) in [7, 11) is 0. The molecule has 1 nitrogen and oxygen atoms in total. The monoisotopic (exact) mass is 259 g/mol. The largest absolute Gasteiger partial charge is 0.256 e. The van der Waals surface area contributed by atoms with Gasteiger partial charge in [-0.2, -0.15) is 0 Å². The summed E-state index contributed by atoms with van der Waals surface area (Å²) in [4.78, 5) is 4.61. The van der Waals surface area contributed by atoms with Gasteiger partial charge in [0.1, 0.15) is 0 Å². The van der Waals surface area contributed by atoms with Crippen LogP contribution in [0.1, 0.15) is 16.7 Å². The molecule has 0 amide bonds. The van der Waals surface area contributed by atoms with E-state index in [0.717, 1.165) is 12.1 Å². The van der Waals surface area contributed by atoms with Gasteiger partial charge in [-0.1, -0.05) is 60.7 Å². The van der Waals surface area contributed by atoms with E-state index in [-0.39, 0.29) is 0 Å². The summed E-state index contributed by atoms with van der Waals surface area (Å²) in [6, 6.07) is 23.0. The van der Waals surface area contributed by atoms with Crippen LogP contribution in [0.4, 0.5) is 0 Å². The lowest BCUT2D eigenvalue weighted by Gasteiger charge is -2.08. The zero-order valence-electron chi connectivity index (χ0n) is 11.6. The van der Waals surface area contributed by atoms with Gasteiger partial charge in [0.05, 0.1) is 5.69 Å². The van der Waals surface area contributed by atoms with Crippen LogP contribution in [0.2, 0.25) is 0 Å². The Morgan fingerprint density at radius 3 is 2.15 bits per heavy atom. The highest BCUT2D eigenvalue weighted by atomic mass is 14.7. The first-order valence-electron chi connectivity index (χ1n) is 6.88. The maximum Gasteiger partial charge on any atom is 0.0704 e. The molecular formula is C19H17N. The van der Waals surface area contributed by atoms with Crippen LogP contribution in [0.25, 0.3) is 11.3 Å². The molecule has 1 aromatic heterocycles. The third kappa shape index (κ3) is 2.77. The Morgan fingerprint density at radius 2 is 1.50 bits per heavy atom. The molecule has 0 saturated heterocycles. The molecule has 3 aromatic rings. The van der Waals surface area contributed by atoms with E-state index in [2.05, 4.69) is 54.4 Å². The quantitative estimate of drug-likeness (QED) is 0.667. The summed E-state index contributed by atoms with van der Waals surface area (Å²) in [5, 5.41) is 0. The van der Waals surface area contributed by atoms with Crippen LogP contribution >= 0.6 is 0 Å². The smallest absolute Gasteiger partial charge is 0.0704 e. The second-order valence-corrected chi connectivity index (χ2v) is 5.02. The highest BCUT2D eigenvalue weighted by Crippen LogP contribution is 2.20. The van der Waals surface area contributed by atoms with E-state index in [9.17, 15) is 0 Å². The molecule has 0 spiro atoms. The van der Waals surface area contributed by atoms with Gasteiger partial charge in [-0.05, 0) is 36.1 Å². The van der Waals surface area contributed by atoms with Gasteiger partial charge in [0, 0.05) is 11.8 Å². The molecule has 0 aliphatic heterocycles. The zero-order valence-corrected chi connectivity index (χ0v) is 11.6. The first kappa shape index (κ1) is 12.6. The van der Waals surface area contributed by atoms with Gasteiger partial charge in [-0.25, -0.2) is 0 Å². The Balaban J connectivity index is 1.89. The Labute approximate surface area is 119 Å². The average molecular weight is 259 g/mol. The van der Waals surface area contributed by atoms with Crippen molar-refractivity contribution in [2.24, 2.45) is 0 Å². The third-order valence-electron chi connectivity index (χ3n) is 3.53. The standard InChI is InChI=1S/C19H17N/c1-15-12-19(17-10-6-3-7-11-17)20-14-18(15)13-16-8-4-2-5-9-16/h2-12,14H,13H2,1H3. The lowest BCUT2D eigenvalue weighted by atomic mass is 10.0. The Kier molecular flexibility index (Phi) is 3.60. The van der Waals surface area contributed by atoms with Crippen molar-refractivity contribution >= 4 is 0 Å². The van der Waals surface area contributed by atoms with Crippen molar-refractivity contribution in [3.63, 3.8) is 0 Å². The van der Waals surface area contributed by atoms with E-state index in [4.69, 9.17) is 0 Å². The molecule has 2 aromatic carbocycles. The lowest BCUT2D eigenvalue weighted by Crippen LogP contribution is -1.95. The summed E-state index contributed by atoms with van der Waals surface area (Å²) >= 11 is 0. The van der Waals surface area contributed by atoms with Gasteiger partial charge in [0.15, 0.2) is 0 Å². The molecule has 20 heavy (non-hydrogen) atoms. The number of aryl methyl sites for hydroxylation is 1. The van der Waals surface area contributed by atoms with Crippen LogP contribution in [-0.2, 0) is 6.42 Å². The van der Waals surface area contributed by atoms with E-state index < -0.39 is 0 Å². The minimum Gasteiger partial charge on any atom is -0.256 e. The first-order chi connectivity index (χ1) is 9.83. The predicted octanol–water partition coefficient (Wildman–Crippen LogP) is 4.65. The second kappa shape index (κ2) is 5.70. The van der Waals surface area contributed by atoms with Crippen molar-refractivity contribution in [2.45, 2.75) is 13.3 Å². The van der Waals surface area contributed by atoms with Crippen molar-refractivity contribution in [1.82, 2.24) is 4.98 Å². The molecule has 0 fully saturated rings. The predicted molar refractivity (Wildman–Crippen MR) is 83.7 cm³/mol. The van der Waals surface area contributed by atoms with Gasteiger partial charge in [0.25, 0.3) is 0 Å². The van der Waals surface area contributed by atoms with Crippen LogP contribution in [0, 0.1) is 6.92 Å². The highest BCUT2D eigenvalue weighted by Gasteiger charge is 2.04. The minimum atomic E-state index is 0.939. The summed E-state index contributed by atoms with van der Waals surface area (Å²) in [6.45, 7) is 2.16.